The second kappa shape index (κ2) is 5.48. The van der Waals surface area contributed by atoms with Crippen molar-refractivity contribution in [3.63, 3.8) is 0 Å². The first-order valence-electron chi connectivity index (χ1n) is 6.46. The molecule has 5 nitrogen and oxygen atoms in total. The van der Waals surface area contributed by atoms with Crippen LogP contribution in [0.5, 0.6) is 11.5 Å². The average Bonchev–Trinajstić information content (AvgIpc) is 2.41. The quantitative estimate of drug-likeness (QED) is 0.789. The van der Waals surface area contributed by atoms with Gasteiger partial charge >= 0.3 is 0 Å². The topological polar surface area (TPSA) is 64.0 Å². The molecule has 0 spiro atoms. The van der Waals surface area contributed by atoms with Crippen LogP contribution in [0.15, 0.2) is 18.2 Å². The van der Waals surface area contributed by atoms with Gasteiger partial charge in [0.15, 0.2) is 11.5 Å². The lowest BCUT2D eigenvalue weighted by molar-refractivity contribution is 0.0659. The highest BCUT2D eigenvalue weighted by atomic mass is 16.3. The Hall–Kier alpha value is -1.75. The summed E-state index contributed by atoms with van der Waals surface area (Å²) in [5.74, 6) is -0.592. The molecule has 104 valence electrons. The van der Waals surface area contributed by atoms with E-state index in [0.29, 0.717) is 5.56 Å². The highest BCUT2D eigenvalue weighted by molar-refractivity contribution is 5.94. The third kappa shape index (κ3) is 2.98. The Morgan fingerprint density at radius 1 is 1.26 bits per heavy atom. The van der Waals surface area contributed by atoms with Gasteiger partial charge in [0.25, 0.3) is 5.91 Å². The lowest BCUT2D eigenvalue weighted by atomic mass is 10.0. The number of carbonyl (C=O) groups is 1. The van der Waals surface area contributed by atoms with Crippen molar-refractivity contribution in [2.24, 2.45) is 0 Å². The molecule has 0 aliphatic carbocycles. The third-order valence-corrected chi connectivity index (χ3v) is 3.78. The van der Waals surface area contributed by atoms with Crippen molar-refractivity contribution in [3.05, 3.63) is 23.8 Å². The zero-order valence-electron chi connectivity index (χ0n) is 11.3. The van der Waals surface area contributed by atoms with Crippen molar-refractivity contribution >= 4 is 5.91 Å². The summed E-state index contributed by atoms with van der Waals surface area (Å²) in [6.07, 6.45) is 1.92. The number of hydrogen-bond donors (Lipinski definition) is 2. The molecular weight excluding hydrogens is 244 g/mol. The number of hydrogen-bond acceptors (Lipinski definition) is 4. The number of aromatic hydroxyl groups is 2. The summed E-state index contributed by atoms with van der Waals surface area (Å²) in [5.41, 5.74) is 0.400. The number of phenolic OH excluding ortho intramolecular Hbond substituents is 2. The predicted octanol–water partition coefficient (Wildman–Crippen LogP) is 1.26. The number of amides is 1. The van der Waals surface area contributed by atoms with E-state index in [1.54, 1.807) is 11.9 Å². The molecule has 2 rings (SSSR count). The molecule has 1 amide bonds. The molecule has 2 N–H and O–H groups in total. The largest absolute Gasteiger partial charge is 0.504 e. The van der Waals surface area contributed by atoms with E-state index >= 15 is 0 Å². The Labute approximate surface area is 113 Å². The van der Waals surface area contributed by atoms with Gasteiger partial charge in [0.2, 0.25) is 0 Å². The second-order valence-corrected chi connectivity index (χ2v) is 5.15. The molecule has 1 saturated heterocycles. The summed E-state index contributed by atoms with van der Waals surface area (Å²) in [6, 6.07) is 4.41. The van der Waals surface area contributed by atoms with Gasteiger partial charge in [0.05, 0.1) is 0 Å². The number of rotatable bonds is 2. The van der Waals surface area contributed by atoms with Gasteiger partial charge in [-0.05, 0) is 51.2 Å². The van der Waals surface area contributed by atoms with Crippen molar-refractivity contribution in [2.45, 2.75) is 18.9 Å². The predicted molar refractivity (Wildman–Crippen MR) is 72.4 cm³/mol. The van der Waals surface area contributed by atoms with Gasteiger partial charge in [0.1, 0.15) is 0 Å². The Morgan fingerprint density at radius 2 is 1.89 bits per heavy atom. The number of benzene rings is 1. The minimum atomic E-state index is -0.261. The number of likely N-dealkylation sites (tertiary alicyclic amines) is 1. The minimum absolute atomic E-state index is 0.121. The minimum Gasteiger partial charge on any atom is -0.504 e. The smallest absolute Gasteiger partial charge is 0.253 e. The molecule has 0 bridgehead atoms. The third-order valence-electron chi connectivity index (χ3n) is 3.78. The first-order chi connectivity index (χ1) is 8.99. The molecule has 1 aliphatic rings. The number of phenols is 2. The van der Waals surface area contributed by atoms with Crippen LogP contribution >= 0.6 is 0 Å². The molecule has 19 heavy (non-hydrogen) atoms. The van der Waals surface area contributed by atoms with Gasteiger partial charge in [-0.15, -0.1) is 0 Å². The van der Waals surface area contributed by atoms with Crippen LogP contribution in [0, 0.1) is 0 Å². The van der Waals surface area contributed by atoms with Gasteiger partial charge in [-0.1, -0.05) is 0 Å². The van der Waals surface area contributed by atoms with E-state index in [1.165, 1.54) is 18.2 Å². The van der Waals surface area contributed by atoms with E-state index in [9.17, 15) is 15.0 Å². The van der Waals surface area contributed by atoms with E-state index in [-0.39, 0.29) is 23.4 Å². The Morgan fingerprint density at radius 3 is 2.47 bits per heavy atom. The summed E-state index contributed by atoms with van der Waals surface area (Å²) in [6.45, 7) is 1.98. The fraction of sp³-hybridized carbons (Fsp3) is 0.500. The maximum atomic E-state index is 12.3. The van der Waals surface area contributed by atoms with E-state index in [0.717, 1.165) is 25.9 Å². The van der Waals surface area contributed by atoms with E-state index in [4.69, 9.17) is 0 Å². The number of piperidine rings is 1. The molecule has 0 saturated carbocycles. The SMILES string of the molecule is CN1CCC(N(C)C(=O)c2ccc(O)c(O)c2)CC1. The zero-order chi connectivity index (χ0) is 14.0. The van der Waals surface area contributed by atoms with Crippen LogP contribution in [0.2, 0.25) is 0 Å². The van der Waals surface area contributed by atoms with Crippen LogP contribution in [0.1, 0.15) is 23.2 Å². The molecule has 0 atom stereocenters. The maximum absolute atomic E-state index is 12.3. The van der Waals surface area contributed by atoms with Crippen LogP contribution in [0.25, 0.3) is 0 Å². The molecule has 5 heteroatoms. The Balaban J connectivity index is 2.08. The van der Waals surface area contributed by atoms with E-state index < -0.39 is 0 Å². The van der Waals surface area contributed by atoms with E-state index in [1.807, 2.05) is 0 Å². The van der Waals surface area contributed by atoms with Crippen LogP contribution in [-0.2, 0) is 0 Å². The maximum Gasteiger partial charge on any atom is 0.253 e. The molecule has 1 heterocycles. The Bertz CT molecular complexity index is 468. The zero-order valence-corrected chi connectivity index (χ0v) is 11.3. The highest BCUT2D eigenvalue weighted by Crippen LogP contribution is 2.26. The number of carbonyl (C=O) groups excluding carboxylic acids is 1. The molecule has 0 radical (unpaired) electrons. The molecule has 1 aliphatic heterocycles. The lowest BCUT2D eigenvalue weighted by Gasteiger charge is -2.35. The van der Waals surface area contributed by atoms with Crippen molar-refractivity contribution in [1.29, 1.82) is 0 Å². The molecule has 1 aromatic rings. The fourth-order valence-corrected chi connectivity index (χ4v) is 2.41. The summed E-state index contributed by atoms with van der Waals surface area (Å²) in [7, 11) is 3.87. The van der Waals surface area contributed by atoms with Crippen molar-refractivity contribution in [3.8, 4) is 11.5 Å². The van der Waals surface area contributed by atoms with Crippen molar-refractivity contribution in [1.82, 2.24) is 9.80 Å². The summed E-state index contributed by atoms with van der Waals surface area (Å²) in [4.78, 5) is 16.3. The molecule has 0 unspecified atom stereocenters. The van der Waals surface area contributed by atoms with Gasteiger partial charge in [-0.2, -0.15) is 0 Å². The molecule has 1 aromatic carbocycles. The van der Waals surface area contributed by atoms with Crippen LogP contribution < -0.4 is 0 Å². The van der Waals surface area contributed by atoms with Crippen LogP contribution in [0.3, 0.4) is 0 Å². The average molecular weight is 264 g/mol. The first-order valence-corrected chi connectivity index (χ1v) is 6.46. The number of nitrogens with zero attached hydrogens (tertiary/aromatic N) is 2. The highest BCUT2D eigenvalue weighted by Gasteiger charge is 2.25. The molecular formula is C14H20N2O3. The standard InChI is InChI=1S/C14H20N2O3/c1-15-7-5-11(6-8-15)16(2)14(19)10-3-4-12(17)13(18)9-10/h3-4,9,11,17-18H,5-8H2,1-2H3. The van der Waals surface area contributed by atoms with Crippen LogP contribution in [-0.4, -0.2) is 59.1 Å². The van der Waals surface area contributed by atoms with Crippen molar-refractivity contribution < 1.29 is 15.0 Å². The van der Waals surface area contributed by atoms with Gasteiger partial charge in [-0.3, -0.25) is 4.79 Å². The van der Waals surface area contributed by atoms with E-state index in [2.05, 4.69) is 11.9 Å². The summed E-state index contributed by atoms with van der Waals surface area (Å²) < 4.78 is 0. The first kappa shape index (κ1) is 13.7. The monoisotopic (exact) mass is 264 g/mol. The molecule has 1 fully saturated rings. The fourth-order valence-electron chi connectivity index (χ4n) is 2.41. The van der Waals surface area contributed by atoms with Gasteiger partial charge in [0, 0.05) is 18.7 Å². The Kier molecular flexibility index (Phi) is 3.95. The van der Waals surface area contributed by atoms with Gasteiger partial charge < -0.3 is 20.0 Å². The summed E-state index contributed by atoms with van der Waals surface area (Å²) in [5, 5.41) is 18.7. The second-order valence-electron chi connectivity index (χ2n) is 5.15. The normalized spacial score (nSPS) is 17.4. The van der Waals surface area contributed by atoms with Gasteiger partial charge in [-0.25, -0.2) is 0 Å². The lowest BCUT2D eigenvalue weighted by Crippen LogP contribution is -2.44. The van der Waals surface area contributed by atoms with Crippen LogP contribution in [0.4, 0.5) is 0 Å². The van der Waals surface area contributed by atoms with Crippen molar-refractivity contribution in [2.75, 3.05) is 27.2 Å². The molecule has 0 aromatic heterocycles. The summed E-state index contributed by atoms with van der Waals surface area (Å²) >= 11 is 0.